The van der Waals surface area contributed by atoms with Crippen molar-refractivity contribution in [3.63, 3.8) is 0 Å². The van der Waals surface area contributed by atoms with E-state index in [9.17, 15) is 0 Å². The number of nitrogens with zero attached hydrogens (tertiary/aromatic N) is 1. The molecule has 12 aromatic rings. The summed E-state index contributed by atoms with van der Waals surface area (Å²) in [5.74, 6) is 0. The molecule has 2 aromatic heterocycles. The summed E-state index contributed by atoms with van der Waals surface area (Å²) in [7, 11) is 0. The average Bonchev–Trinajstić information content (AvgIpc) is 3.89. The molecular formula is C56H35NO2. The van der Waals surface area contributed by atoms with Gasteiger partial charge in [0.15, 0.2) is 0 Å². The molecule has 0 saturated carbocycles. The Bertz CT molecular complexity index is 3540. The van der Waals surface area contributed by atoms with Crippen LogP contribution >= 0.6 is 0 Å². The monoisotopic (exact) mass is 753 g/mol. The first kappa shape index (κ1) is 33.3. The van der Waals surface area contributed by atoms with E-state index in [1.165, 1.54) is 21.5 Å². The van der Waals surface area contributed by atoms with E-state index in [0.717, 1.165) is 94.3 Å². The van der Waals surface area contributed by atoms with Crippen LogP contribution in [0.1, 0.15) is 0 Å². The number of hydrogen-bond donors (Lipinski definition) is 0. The van der Waals surface area contributed by atoms with Crippen LogP contribution in [-0.2, 0) is 0 Å². The lowest BCUT2D eigenvalue weighted by Gasteiger charge is -2.27. The van der Waals surface area contributed by atoms with Gasteiger partial charge in [-0.1, -0.05) is 158 Å². The minimum atomic E-state index is 0.865. The molecule has 3 heteroatoms. The van der Waals surface area contributed by atoms with Crippen molar-refractivity contribution >= 4 is 82.5 Å². The van der Waals surface area contributed by atoms with Crippen molar-refractivity contribution in [2.75, 3.05) is 4.90 Å². The molecule has 0 aliphatic rings. The van der Waals surface area contributed by atoms with E-state index in [4.69, 9.17) is 8.83 Å². The zero-order valence-electron chi connectivity index (χ0n) is 32.0. The summed E-state index contributed by atoms with van der Waals surface area (Å²) in [5.41, 5.74) is 13.3. The molecule has 0 unspecified atom stereocenters. The summed E-state index contributed by atoms with van der Waals surface area (Å²) in [4.78, 5) is 2.38. The largest absolute Gasteiger partial charge is 0.455 e. The summed E-state index contributed by atoms with van der Waals surface area (Å²) < 4.78 is 13.4. The molecule has 0 saturated heterocycles. The molecule has 3 nitrogen and oxygen atoms in total. The van der Waals surface area contributed by atoms with E-state index < -0.39 is 0 Å². The molecule has 12 rings (SSSR count). The zero-order chi connectivity index (χ0) is 38.9. The Morgan fingerprint density at radius 3 is 1.73 bits per heavy atom. The predicted octanol–water partition coefficient (Wildman–Crippen LogP) is 16.3. The number of rotatable bonds is 6. The van der Waals surface area contributed by atoms with Gasteiger partial charge in [0.2, 0.25) is 0 Å². The van der Waals surface area contributed by atoms with Gasteiger partial charge in [0, 0.05) is 38.7 Å². The molecule has 0 radical (unpaired) electrons. The van der Waals surface area contributed by atoms with Crippen molar-refractivity contribution in [3.05, 3.63) is 212 Å². The van der Waals surface area contributed by atoms with Crippen LogP contribution in [0.2, 0.25) is 0 Å². The first-order chi connectivity index (χ1) is 29.2. The summed E-state index contributed by atoms with van der Waals surface area (Å²) in [6.45, 7) is 0. The zero-order valence-corrected chi connectivity index (χ0v) is 32.0. The second kappa shape index (κ2) is 13.4. The number of para-hydroxylation sites is 2. The standard InChI is InChI=1S/C56H35NO2/c1-3-12-37(13-4-1)46-19-11-20-49-48-30-26-40(35-53(48)59-55(46)49)36-24-27-42(28-25-36)57(43-29-31-45-41(34-43)23-22-39-16-7-8-17-44(39)45)51-33-32-47(38-14-5-2-6-15-38)56-54(51)50-18-9-10-21-52(50)58-56/h1-35H. The van der Waals surface area contributed by atoms with E-state index in [1.54, 1.807) is 0 Å². The number of anilines is 3. The van der Waals surface area contributed by atoms with Crippen LogP contribution < -0.4 is 4.90 Å². The first-order valence-electron chi connectivity index (χ1n) is 20.1. The lowest BCUT2D eigenvalue weighted by molar-refractivity contribution is 0.669. The minimum absolute atomic E-state index is 0.865. The molecule has 276 valence electrons. The Morgan fingerprint density at radius 2 is 0.915 bits per heavy atom. The smallest absolute Gasteiger partial charge is 0.145 e. The molecule has 10 aromatic carbocycles. The lowest BCUT2D eigenvalue weighted by atomic mass is 9.98. The van der Waals surface area contributed by atoms with Gasteiger partial charge in [-0.25, -0.2) is 0 Å². The molecule has 0 aliphatic heterocycles. The van der Waals surface area contributed by atoms with Crippen LogP contribution in [0.4, 0.5) is 17.1 Å². The Morgan fingerprint density at radius 1 is 0.305 bits per heavy atom. The maximum absolute atomic E-state index is 6.75. The van der Waals surface area contributed by atoms with Gasteiger partial charge < -0.3 is 13.7 Å². The highest BCUT2D eigenvalue weighted by molar-refractivity contribution is 6.18. The molecule has 0 aliphatic carbocycles. The fourth-order valence-corrected chi connectivity index (χ4v) is 9.03. The fraction of sp³-hybridized carbons (Fsp3) is 0. The van der Waals surface area contributed by atoms with Gasteiger partial charge in [0.25, 0.3) is 0 Å². The van der Waals surface area contributed by atoms with E-state index >= 15 is 0 Å². The Kier molecular flexibility index (Phi) is 7.54. The van der Waals surface area contributed by atoms with E-state index in [-0.39, 0.29) is 0 Å². The summed E-state index contributed by atoms with van der Waals surface area (Å²) in [5, 5.41) is 9.31. The number of benzene rings is 10. The average molecular weight is 754 g/mol. The molecule has 0 N–H and O–H groups in total. The first-order valence-corrected chi connectivity index (χ1v) is 20.1. The quantitative estimate of drug-likeness (QED) is 0.158. The van der Waals surface area contributed by atoms with E-state index in [2.05, 4.69) is 205 Å². The summed E-state index contributed by atoms with van der Waals surface area (Å²) in [6.07, 6.45) is 0. The Hall–Kier alpha value is -7.88. The molecule has 0 fully saturated rings. The number of furan rings is 2. The minimum Gasteiger partial charge on any atom is -0.455 e. The third-order valence-electron chi connectivity index (χ3n) is 11.9. The molecular weight excluding hydrogens is 719 g/mol. The Balaban J connectivity index is 1.02. The predicted molar refractivity (Wildman–Crippen MR) is 247 cm³/mol. The molecule has 0 spiro atoms. The highest BCUT2D eigenvalue weighted by atomic mass is 16.3. The van der Waals surface area contributed by atoms with E-state index in [1.807, 2.05) is 12.1 Å². The third-order valence-corrected chi connectivity index (χ3v) is 11.9. The second-order valence-electron chi connectivity index (χ2n) is 15.2. The fourth-order valence-electron chi connectivity index (χ4n) is 9.03. The number of fused-ring (bicyclic) bond motifs is 9. The topological polar surface area (TPSA) is 29.5 Å². The van der Waals surface area contributed by atoms with Crippen LogP contribution in [0.15, 0.2) is 221 Å². The van der Waals surface area contributed by atoms with Gasteiger partial charge in [-0.2, -0.15) is 0 Å². The van der Waals surface area contributed by atoms with Gasteiger partial charge in [-0.05, 0) is 98.4 Å². The van der Waals surface area contributed by atoms with Gasteiger partial charge in [-0.3, -0.25) is 0 Å². The Labute approximate surface area is 340 Å². The van der Waals surface area contributed by atoms with Gasteiger partial charge in [0.05, 0.1) is 11.1 Å². The van der Waals surface area contributed by atoms with Gasteiger partial charge in [-0.15, -0.1) is 0 Å². The number of hydrogen-bond acceptors (Lipinski definition) is 3. The summed E-state index contributed by atoms with van der Waals surface area (Å²) in [6, 6.07) is 75.6. The molecule has 59 heavy (non-hydrogen) atoms. The highest BCUT2D eigenvalue weighted by Gasteiger charge is 2.23. The van der Waals surface area contributed by atoms with Crippen molar-refractivity contribution in [2.24, 2.45) is 0 Å². The molecule has 2 heterocycles. The van der Waals surface area contributed by atoms with Crippen molar-refractivity contribution in [3.8, 4) is 33.4 Å². The lowest BCUT2D eigenvalue weighted by Crippen LogP contribution is -2.10. The van der Waals surface area contributed by atoms with Crippen molar-refractivity contribution in [1.82, 2.24) is 0 Å². The normalized spacial score (nSPS) is 11.7. The molecule has 0 amide bonds. The van der Waals surface area contributed by atoms with Crippen LogP contribution in [0.25, 0.3) is 98.8 Å². The van der Waals surface area contributed by atoms with Crippen molar-refractivity contribution in [2.45, 2.75) is 0 Å². The molecule has 0 atom stereocenters. The van der Waals surface area contributed by atoms with Gasteiger partial charge >= 0.3 is 0 Å². The van der Waals surface area contributed by atoms with Crippen LogP contribution in [0.3, 0.4) is 0 Å². The van der Waals surface area contributed by atoms with Crippen molar-refractivity contribution < 1.29 is 8.83 Å². The van der Waals surface area contributed by atoms with Crippen LogP contribution in [0, 0.1) is 0 Å². The third kappa shape index (κ3) is 5.44. The molecule has 0 bridgehead atoms. The van der Waals surface area contributed by atoms with Crippen molar-refractivity contribution in [1.29, 1.82) is 0 Å². The van der Waals surface area contributed by atoms with Gasteiger partial charge in [0.1, 0.15) is 22.3 Å². The summed E-state index contributed by atoms with van der Waals surface area (Å²) >= 11 is 0. The second-order valence-corrected chi connectivity index (χ2v) is 15.2. The van der Waals surface area contributed by atoms with Crippen LogP contribution in [0.5, 0.6) is 0 Å². The highest BCUT2D eigenvalue weighted by Crippen LogP contribution is 2.47. The van der Waals surface area contributed by atoms with Crippen LogP contribution in [-0.4, -0.2) is 0 Å². The maximum atomic E-state index is 6.75. The van der Waals surface area contributed by atoms with E-state index in [0.29, 0.717) is 0 Å². The maximum Gasteiger partial charge on any atom is 0.145 e. The SMILES string of the molecule is c1ccc(-c2cccc3c2oc2cc(-c4ccc(N(c5ccc6c(ccc7ccccc76)c5)c5ccc(-c6ccccc6)c6oc7ccccc7c56)cc4)ccc23)cc1.